The van der Waals surface area contributed by atoms with Crippen molar-refractivity contribution in [2.24, 2.45) is 10.9 Å². The minimum atomic E-state index is -0.167. The monoisotopic (exact) mass is 509 g/mol. The van der Waals surface area contributed by atoms with Crippen molar-refractivity contribution in [2.45, 2.75) is 90.7 Å². The fraction of sp³-hybridized carbons (Fsp3) is 0.441. The van der Waals surface area contributed by atoms with E-state index in [0.717, 1.165) is 47.4 Å². The van der Waals surface area contributed by atoms with Crippen molar-refractivity contribution in [3.05, 3.63) is 95.3 Å². The molecule has 3 atom stereocenters. The molecule has 0 fully saturated rings. The zero-order valence-electron chi connectivity index (χ0n) is 23.5. The number of unbranched alkanes of at least 4 members (excludes halogenated alkanes) is 1. The van der Waals surface area contributed by atoms with Crippen molar-refractivity contribution in [1.29, 1.82) is 5.41 Å². The Bertz CT molecular complexity index is 1180. The third-order valence-electron chi connectivity index (χ3n) is 7.67. The maximum atomic E-state index is 9.26. The Morgan fingerprint density at radius 3 is 2.29 bits per heavy atom. The molecule has 1 aliphatic rings. The quantitative estimate of drug-likeness (QED) is 0.263. The van der Waals surface area contributed by atoms with Crippen LogP contribution in [-0.2, 0) is 6.61 Å². The number of nitrogens with zero attached hydrogens (tertiary/aromatic N) is 2. The van der Waals surface area contributed by atoms with E-state index in [4.69, 9.17) is 9.73 Å². The fourth-order valence-corrected chi connectivity index (χ4v) is 5.27. The second-order valence-corrected chi connectivity index (χ2v) is 11.1. The number of pyridine rings is 1. The van der Waals surface area contributed by atoms with Gasteiger partial charge in [-0.2, -0.15) is 0 Å². The minimum Gasteiger partial charge on any atom is -0.489 e. The molecule has 200 valence electrons. The number of aliphatic imine (C=N–C) groups is 1. The summed E-state index contributed by atoms with van der Waals surface area (Å²) >= 11 is 0. The van der Waals surface area contributed by atoms with Gasteiger partial charge in [0.05, 0.1) is 11.6 Å². The number of hydrogen-bond acceptors (Lipinski definition) is 4. The summed E-state index contributed by atoms with van der Waals surface area (Å²) < 4.78 is 6.12. The molecule has 4 heteroatoms. The lowest BCUT2D eigenvalue weighted by Gasteiger charge is -2.23. The first-order valence-corrected chi connectivity index (χ1v) is 14.3. The topological polar surface area (TPSA) is 58.3 Å². The molecule has 4 rings (SSSR count). The average Bonchev–Trinajstić information content (AvgIpc) is 3.13. The van der Waals surface area contributed by atoms with Gasteiger partial charge in [-0.25, -0.2) is 0 Å². The highest BCUT2D eigenvalue weighted by atomic mass is 16.5. The van der Waals surface area contributed by atoms with Crippen molar-refractivity contribution in [1.82, 2.24) is 4.98 Å². The van der Waals surface area contributed by atoms with E-state index >= 15 is 0 Å². The molecule has 0 saturated heterocycles. The van der Waals surface area contributed by atoms with Gasteiger partial charge in [-0.1, -0.05) is 76.9 Å². The van der Waals surface area contributed by atoms with Crippen molar-refractivity contribution in [3.63, 3.8) is 0 Å². The van der Waals surface area contributed by atoms with Crippen LogP contribution in [0.4, 0.5) is 0 Å². The molecule has 38 heavy (non-hydrogen) atoms. The molecule has 2 aromatic carbocycles. The van der Waals surface area contributed by atoms with E-state index in [1.165, 1.54) is 24.8 Å². The van der Waals surface area contributed by atoms with E-state index in [0.29, 0.717) is 30.2 Å². The summed E-state index contributed by atoms with van der Waals surface area (Å²) in [7, 11) is 0. The van der Waals surface area contributed by atoms with Crippen LogP contribution < -0.4 is 4.74 Å². The molecule has 1 N–H and O–H groups in total. The normalized spacial score (nSPS) is 18.5. The van der Waals surface area contributed by atoms with Gasteiger partial charge in [-0.15, -0.1) is 0 Å². The van der Waals surface area contributed by atoms with E-state index in [1.807, 2.05) is 24.3 Å². The predicted molar refractivity (Wildman–Crippen MR) is 159 cm³/mol. The van der Waals surface area contributed by atoms with Crippen LogP contribution in [0.3, 0.4) is 0 Å². The highest BCUT2D eigenvalue weighted by Crippen LogP contribution is 2.32. The van der Waals surface area contributed by atoms with E-state index in [-0.39, 0.29) is 5.92 Å². The van der Waals surface area contributed by atoms with Crippen molar-refractivity contribution >= 4 is 11.4 Å². The standard InChI is InChI=1S/C34H43N3O/c1-5-6-7-30-15-8-25(4)22-32(37-30)33(34(35)29-18-20-36-21-19-29)28-13-16-31(17-14-28)38-23-26-9-11-27(12-10-26)24(2)3/h9-14,16-21,24-25,30,33,35H,5-8,15,22-23H2,1-4H3. The lowest BCUT2D eigenvalue weighted by atomic mass is 9.82. The lowest BCUT2D eigenvalue weighted by molar-refractivity contribution is 0.306. The van der Waals surface area contributed by atoms with Gasteiger partial charge in [0.1, 0.15) is 12.4 Å². The first kappa shape index (κ1) is 27.8. The summed E-state index contributed by atoms with van der Waals surface area (Å²) in [6.07, 6.45) is 10.3. The highest BCUT2D eigenvalue weighted by Gasteiger charge is 2.28. The molecule has 1 aliphatic heterocycles. The van der Waals surface area contributed by atoms with Crippen LogP contribution >= 0.6 is 0 Å². The smallest absolute Gasteiger partial charge is 0.119 e. The molecular weight excluding hydrogens is 466 g/mol. The largest absolute Gasteiger partial charge is 0.489 e. The predicted octanol–water partition coefficient (Wildman–Crippen LogP) is 8.76. The van der Waals surface area contributed by atoms with Gasteiger partial charge < -0.3 is 10.1 Å². The van der Waals surface area contributed by atoms with Crippen LogP contribution in [0.2, 0.25) is 0 Å². The lowest BCUT2D eigenvalue weighted by Crippen LogP contribution is -2.24. The number of benzene rings is 2. The summed E-state index contributed by atoms with van der Waals surface area (Å²) in [5.74, 6) is 1.77. The van der Waals surface area contributed by atoms with Gasteiger partial charge in [-0.3, -0.25) is 9.98 Å². The molecular formula is C34H43N3O. The summed E-state index contributed by atoms with van der Waals surface area (Å²) in [6.45, 7) is 9.53. The van der Waals surface area contributed by atoms with Crippen molar-refractivity contribution < 1.29 is 4.74 Å². The van der Waals surface area contributed by atoms with Crippen LogP contribution in [0.5, 0.6) is 5.75 Å². The third kappa shape index (κ3) is 7.40. The molecule has 0 aliphatic carbocycles. The molecule has 3 unspecified atom stereocenters. The van der Waals surface area contributed by atoms with Crippen LogP contribution in [0.1, 0.15) is 100 Å². The Hall–Kier alpha value is -3.27. The van der Waals surface area contributed by atoms with Crippen molar-refractivity contribution in [2.75, 3.05) is 0 Å². The zero-order valence-corrected chi connectivity index (χ0v) is 23.5. The number of aromatic nitrogens is 1. The zero-order chi connectivity index (χ0) is 26.9. The van der Waals surface area contributed by atoms with Crippen molar-refractivity contribution in [3.8, 4) is 5.75 Å². The van der Waals surface area contributed by atoms with Gasteiger partial charge in [0.15, 0.2) is 0 Å². The Morgan fingerprint density at radius 1 is 0.947 bits per heavy atom. The molecule has 0 amide bonds. The Morgan fingerprint density at radius 2 is 1.63 bits per heavy atom. The van der Waals surface area contributed by atoms with Gasteiger partial charge in [0, 0.05) is 24.1 Å². The Kier molecular flexibility index (Phi) is 9.86. The summed E-state index contributed by atoms with van der Waals surface area (Å²) in [6, 6.07) is 21.2. The Balaban J connectivity index is 1.58. The first-order chi connectivity index (χ1) is 18.4. The van der Waals surface area contributed by atoms with Crippen LogP contribution in [0.15, 0.2) is 78.0 Å². The highest BCUT2D eigenvalue weighted by molar-refractivity contribution is 6.18. The van der Waals surface area contributed by atoms with Gasteiger partial charge in [0.2, 0.25) is 0 Å². The third-order valence-corrected chi connectivity index (χ3v) is 7.67. The summed E-state index contributed by atoms with van der Waals surface area (Å²) in [5.41, 5.74) is 6.25. The van der Waals surface area contributed by atoms with E-state index in [9.17, 15) is 5.41 Å². The second kappa shape index (κ2) is 13.5. The molecule has 3 aromatic rings. The van der Waals surface area contributed by atoms with E-state index in [2.05, 4.69) is 69.1 Å². The molecule has 4 nitrogen and oxygen atoms in total. The molecule has 0 bridgehead atoms. The van der Waals surface area contributed by atoms with Gasteiger partial charge in [-0.05, 0) is 84.0 Å². The number of ether oxygens (including phenoxy) is 1. The molecule has 0 radical (unpaired) electrons. The van der Waals surface area contributed by atoms with Crippen LogP contribution in [-0.4, -0.2) is 22.4 Å². The van der Waals surface area contributed by atoms with E-state index in [1.54, 1.807) is 12.4 Å². The van der Waals surface area contributed by atoms with E-state index < -0.39 is 0 Å². The second-order valence-electron chi connectivity index (χ2n) is 11.1. The number of nitrogens with one attached hydrogen (secondary N) is 1. The molecule has 1 aromatic heterocycles. The maximum Gasteiger partial charge on any atom is 0.119 e. The first-order valence-electron chi connectivity index (χ1n) is 14.3. The molecule has 0 saturated carbocycles. The fourth-order valence-electron chi connectivity index (χ4n) is 5.27. The molecule has 2 heterocycles. The number of rotatable bonds is 11. The van der Waals surface area contributed by atoms with Crippen LogP contribution in [0.25, 0.3) is 0 Å². The summed E-state index contributed by atoms with van der Waals surface area (Å²) in [5, 5.41) is 9.26. The minimum absolute atomic E-state index is 0.167. The Labute approximate surface area is 229 Å². The summed E-state index contributed by atoms with van der Waals surface area (Å²) in [4.78, 5) is 9.51. The number of hydrogen-bond donors (Lipinski definition) is 1. The van der Waals surface area contributed by atoms with Gasteiger partial charge in [0.25, 0.3) is 0 Å². The van der Waals surface area contributed by atoms with Crippen LogP contribution in [0, 0.1) is 11.3 Å². The molecule has 0 spiro atoms. The van der Waals surface area contributed by atoms with Gasteiger partial charge >= 0.3 is 0 Å². The average molecular weight is 510 g/mol. The SMILES string of the molecule is CCCCC1CCC(C)CC(C(C(=N)c2ccncc2)c2ccc(OCc3ccc(C(C)C)cc3)cc2)=N1. The maximum absolute atomic E-state index is 9.26.